The van der Waals surface area contributed by atoms with Crippen LogP contribution in [0.2, 0.25) is 0 Å². The quantitative estimate of drug-likeness (QED) is 0.782. The summed E-state index contributed by atoms with van der Waals surface area (Å²) < 4.78 is 0. The number of nitrogens with one attached hydrogen (secondary N) is 1. The molecule has 3 fully saturated rings. The fourth-order valence-electron chi connectivity index (χ4n) is 5.44. The highest BCUT2D eigenvalue weighted by atomic mass is 32.1. The van der Waals surface area contributed by atoms with Crippen molar-refractivity contribution in [2.45, 2.75) is 44.6 Å². The number of hydrogen-bond acceptors (Lipinski definition) is 6. The molecule has 2 saturated heterocycles. The molecule has 1 atom stereocenters. The van der Waals surface area contributed by atoms with Gasteiger partial charge in [-0.05, 0) is 35.3 Å². The van der Waals surface area contributed by atoms with Gasteiger partial charge in [0.15, 0.2) is 0 Å². The number of imide groups is 1. The molecule has 29 heavy (non-hydrogen) atoms. The first-order valence-corrected chi connectivity index (χ1v) is 11.6. The van der Waals surface area contributed by atoms with Crippen LogP contribution < -0.4 is 5.32 Å². The molecular weight excluding hydrogens is 384 g/mol. The van der Waals surface area contributed by atoms with Crippen molar-refractivity contribution < 1.29 is 9.59 Å². The van der Waals surface area contributed by atoms with Crippen molar-refractivity contribution >= 4 is 33.4 Å². The maximum absolute atomic E-state index is 13.3. The lowest BCUT2D eigenvalue weighted by Crippen LogP contribution is -2.53. The first-order valence-electron chi connectivity index (χ1n) is 10.8. The monoisotopic (exact) mass is 412 g/mol. The maximum atomic E-state index is 13.3. The molecule has 0 aromatic carbocycles. The van der Waals surface area contributed by atoms with Crippen LogP contribution in [0, 0.1) is 5.41 Å². The van der Waals surface area contributed by atoms with Crippen LogP contribution in [-0.2, 0) is 9.59 Å². The van der Waals surface area contributed by atoms with Crippen LogP contribution >= 0.6 is 11.3 Å². The van der Waals surface area contributed by atoms with E-state index in [-0.39, 0.29) is 23.3 Å². The Balaban J connectivity index is 1.49. The Labute approximate surface area is 175 Å². The lowest BCUT2D eigenvalue weighted by atomic mass is 9.76. The van der Waals surface area contributed by atoms with E-state index in [0.29, 0.717) is 19.4 Å². The maximum Gasteiger partial charge on any atom is 0.230 e. The second-order valence-corrected chi connectivity index (χ2v) is 9.69. The molecule has 2 aliphatic heterocycles. The van der Waals surface area contributed by atoms with Crippen LogP contribution in [-0.4, -0.2) is 59.3 Å². The lowest BCUT2D eigenvalue weighted by molar-refractivity contribution is -0.157. The summed E-state index contributed by atoms with van der Waals surface area (Å²) >= 11 is 1.60. The molecule has 6 nitrogen and oxygen atoms in total. The van der Waals surface area contributed by atoms with Gasteiger partial charge in [-0.1, -0.05) is 18.9 Å². The lowest BCUT2D eigenvalue weighted by Gasteiger charge is -2.42. The molecule has 154 valence electrons. The van der Waals surface area contributed by atoms with Crippen molar-refractivity contribution in [3.05, 3.63) is 29.3 Å². The number of hydrogen-bond donors (Lipinski definition) is 1. The third kappa shape index (κ3) is 3.60. The molecule has 2 aromatic rings. The van der Waals surface area contributed by atoms with Gasteiger partial charge in [0.1, 0.15) is 4.83 Å². The van der Waals surface area contributed by atoms with Gasteiger partial charge in [0, 0.05) is 57.1 Å². The second kappa shape index (κ2) is 7.78. The number of piperidine rings is 1. The first kappa shape index (κ1) is 19.2. The highest BCUT2D eigenvalue weighted by Gasteiger charge is 2.47. The van der Waals surface area contributed by atoms with Crippen molar-refractivity contribution in [1.29, 1.82) is 0 Å². The van der Waals surface area contributed by atoms with E-state index in [2.05, 4.69) is 26.6 Å². The predicted molar refractivity (Wildman–Crippen MR) is 114 cm³/mol. The van der Waals surface area contributed by atoms with Crippen LogP contribution in [0.1, 0.15) is 50.1 Å². The molecule has 5 rings (SSSR count). The van der Waals surface area contributed by atoms with Crippen molar-refractivity contribution in [3.63, 3.8) is 0 Å². The Kier molecular flexibility index (Phi) is 5.14. The molecule has 1 saturated carbocycles. The fourth-order valence-corrected chi connectivity index (χ4v) is 6.40. The van der Waals surface area contributed by atoms with Gasteiger partial charge >= 0.3 is 0 Å². The van der Waals surface area contributed by atoms with E-state index in [0.717, 1.165) is 67.6 Å². The summed E-state index contributed by atoms with van der Waals surface area (Å²) in [5.74, 6) is 0.0399. The van der Waals surface area contributed by atoms with Crippen molar-refractivity contribution in [2.75, 3.05) is 32.7 Å². The number of carbonyl (C=O) groups is 2. The van der Waals surface area contributed by atoms with Gasteiger partial charge in [-0.15, -0.1) is 11.3 Å². The average Bonchev–Trinajstić information content (AvgIpc) is 3.34. The second-order valence-electron chi connectivity index (χ2n) is 8.83. The largest absolute Gasteiger partial charge is 0.314 e. The van der Waals surface area contributed by atoms with E-state index in [1.807, 2.05) is 6.07 Å². The summed E-state index contributed by atoms with van der Waals surface area (Å²) in [5, 5.41) is 6.56. The normalized spacial score (nSPS) is 23.9. The first-order chi connectivity index (χ1) is 14.2. The van der Waals surface area contributed by atoms with E-state index in [9.17, 15) is 9.59 Å². The summed E-state index contributed by atoms with van der Waals surface area (Å²) in [4.78, 5) is 36.1. The third-order valence-corrected chi connectivity index (χ3v) is 7.87. The van der Waals surface area contributed by atoms with Gasteiger partial charge in [-0.2, -0.15) is 0 Å². The number of thiophene rings is 1. The molecule has 1 aliphatic carbocycles. The minimum absolute atomic E-state index is 0.0199. The molecule has 0 bridgehead atoms. The Bertz CT molecular complexity index is 894. The zero-order chi connectivity index (χ0) is 19.8. The Hall–Kier alpha value is -1.83. The minimum atomic E-state index is -0.232. The number of pyridine rings is 1. The number of piperazine rings is 1. The minimum Gasteiger partial charge on any atom is -0.314 e. The zero-order valence-corrected chi connectivity index (χ0v) is 17.5. The molecule has 1 spiro atoms. The number of aromatic nitrogens is 1. The number of likely N-dealkylation sites (tertiary alicyclic amines) is 1. The predicted octanol–water partition coefficient (Wildman–Crippen LogP) is 2.95. The third-order valence-electron chi connectivity index (χ3n) is 6.95. The summed E-state index contributed by atoms with van der Waals surface area (Å²) in [5.41, 5.74) is 1.00. The van der Waals surface area contributed by atoms with E-state index >= 15 is 0 Å². The van der Waals surface area contributed by atoms with Gasteiger partial charge in [-0.3, -0.25) is 19.4 Å². The Morgan fingerprint density at radius 3 is 2.59 bits per heavy atom. The number of rotatable bonds is 4. The summed E-state index contributed by atoms with van der Waals surface area (Å²) in [7, 11) is 0. The highest BCUT2D eigenvalue weighted by Crippen LogP contribution is 2.48. The average molecular weight is 413 g/mol. The molecule has 4 heterocycles. The molecule has 2 amide bonds. The molecule has 1 N–H and O–H groups in total. The van der Waals surface area contributed by atoms with Crippen LogP contribution in [0.4, 0.5) is 0 Å². The SMILES string of the molecule is O=C1CC2(CCCC2)CC(=O)N1C(CN1CCNCC1)c1csc2ncccc12. The van der Waals surface area contributed by atoms with Gasteiger partial charge in [0.05, 0.1) is 6.04 Å². The summed E-state index contributed by atoms with van der Waals surface area (Å²) in [6.07, 6.45) is 7.18. The van der Waals surface area contributed by atoms with E-state index in [4.69, 9.17) is 0 Å². The molecule has 7 heteroatoms. The standard InChI is InChI=1S/C22H28N4O2S/c27-19-12-22(5-1-2-6-22)13-20(28)26(19)18(14-25-10-8-23-9-11-25)17-15-29-21-16(17)4-3-7-24-21/h3-4,7,15,18,23H,1-2,5-6,8-14H2. The van der Waals surface area contributed by atoms with Crippen LogP contribution in [0.3, 0.4) is 0 Å². The Morgan fingerprint density at radius 2 is 1.86 bits per heavy atom. The van der Waals surface area contributed by atoms with E-state index in [1.165, 1.54) is 0 Å². The topological polar surface area (TPSA) is 65.5 Å². The van der Waals surface area contributed by atoms with Crippen LogP contribution in [0.25, 0.3) is 10.2 Å². The van der Waals surface area contributed by atoms with Crippen LogP contribution in [0.5, 0.6) is 0 Å². The number of nitrogens with zero attached hydrogens (tertiary/aromatic N) is 3. The highest BCUT2D eigenvalue weighted by molar-refractivity contribution is 7.16. The molecule has 3 aliphatic rings. The van der Waals surface area contributed by atoms with Gasteiger partial charge in [0.2, 0.25) is 11.8 Å². The van der Waals surface area contributed by atoms with Gasteiger partial charge in [-0.25, -0.2) is 4.98 Å². The van der Waals surface area contributed by atoms with E-state index in [1.54, 1.807) is 22.4 Å². The van der Waals surface area contributed by atoms with Crippen LogP contribution in [0.15, 0.2) is 23.7 Å². The summed E-state index contributed by atoms with van der Waals surface area (Å²) in [6, 6.07) is 3.77. The number of amides is 2. The van der Waals surface area contributed by atoms with Gasteiger partial charge in [0.25, 0.3) is 0 Å². The number of fused-ring (bicyclic) bond motifs is 1. The Morgan fingerprint density at radius 1 is 1.14 bits per heavy atom. The zero-order valence-electron chi connectivity index (χ0n) is 16.7. The van der Waals surface area contributed by atoms with Gasteiger partial charge < -0.3 is 5.32 Å². The van der Waals surface area contributed by atoms with Crippen molar-refractivity contribution in [3.8, 4) is 0 Å². The fraction of sp³-hybridized carbons (Fsp3) is 0.591. The van der Waals surface area contributed by atoms with Crippen molar-refractivity contribution in [1.82, 2.24) is 20.1 Å². The number of carbonyl (C=O) groups excluding carboxylic acids is 2. The van der Waals surface area contributed by atoms with E-state index < -0.39 is 0 Å². The summed E-state index contributed by atoms with van der Waals surface area (Å²) in [6.45, 7) is 4.48. The molecular formula is C22H28N4O2S. The molecule has 0 radical (unpaired) electrons. The molecule has 2 aromatic heterocycles. The molecule has 1 unspecified atom stereocenters. The van der Waals surface area contributed by atoms with Crippen molar-refractivity contribution in [2.24, 2.45) is 5.41 Å². The smallest absolute Gasteiger partial charge is 0.230 e.